The zero-order chi connectivity index (χ0) is 18.5. The highest BCUT2D eigenvalue weighted by atomic mass is 14.8. The largest absolute Gasteiger partial charge is 0.240 e. The third-order valence-corrected chi connectivity index (χ3v) is 3.42. The number of benzene rings is 1. The summed E-state index contributed by atoms with van der Waals surface area (Å²) in [5.41, 5.74) is 1.96. The van der Waals surface area contributed by atoms with Crippen molar-refractivity contribution in [3.8, 4) is 46.8 Å². The topological polar surface area (TPSA) is 147 Å². The van der Waals surface area contributed by atoms with Crippen molar-refractivity contribution < 1.29 is 0 Å². The molecule has 8 heteroatoms. The Hall–Kier alpha value is -4.66. The Balaban J connectivity index is 2.08. The van der Waals surface area contributed by atoms with Gasteiger partial charge in [0.1, 0.15) is 24.3 Å². The van der Waals surface area contributed by atoms with Gasteiger partial charge in [0.2, 0.25) is 0 Å². The Morgan fingerprint density at radius 3 is 1.42 bits per heavy atom. The van der Waals surface area contributed by atoms with Crippen molar-refractivity contribution >= 4 is 0 Å². The van der Waals surface area contributed by atoms with E-state index in [1.54, 1.807) is 24.3 Å². The lowest BCUT2D eigenvalue weighted by Gasteiger charge is -2.06. The van der Waals surface area contributed by atoms with E-state index in [-0.39, 0.29) is 22.8 Å². The Bertz CT molecular complexity index is 1090. The molecule has 0 saturated heterocycles. The first-order valence-electron chi connectivity index (χ1n) is 7.15. The summed E-state index contributed by atoms with van der Waals surface area (Å²) in [7, 11) is 0. The van der Waals surface area contributed by atoms with Crippen LogP contribution in [0.3, 0.4) is 0 Å². The van der Waals surface area contributed by atoms with E-state index < -0.39 is 0 Å². The molecule has 0 aliphatic heterocycles. The minimum Gasteiger partial charge on any atom is -0.240 e. The SMILES string of the molecule is N#Cc1ncc(-c2cccc(-c3cnc(C#N)c(C#N)n3)c2)nc1C#N. The smallest absolute Gasteiger partial charge is 0.177 e. The molecule has 0 radical (unpaired) electrons. The van der Waals surface area contributed by atoms with Gasteiger partial charge in [-0.25, -0.2) is 19.9 Å². The van der Waals surface area contributed by atoms with Crippen molar-refractivity contribution in [2.24, 2.45) is 0 Å². The van der Waals surface area contributed by atoms with E-state index in [0.29, 0.717) is 22.5 Å². The molecule has 0 saturated carbocycles. The van der Waals surface area contributed by atoms with E-state index >= 15 is 0 Å². The van der Waals surface area contributed by atoms with Gasteiger partial charge in [0.15, 0.2) is 22.8 Å². The van der Waals surface area contributed by atoms with E-state index in [9.17, 15) is 0 Å². The molecule has 0 aliphatic carbocycles. The van der Waals surface area contributed by atoms with Gasteiger partial charge >= 0.3 is 0 Å². The van der Waals surface area contributed by atoms with Gasteiger partial charge in [-0.05, 0) is 6.07 Å². The van der Waals surface area contributed by atoms with Gasteiger partial charge in [-0.2, -0.15) is 21.0 Å². The van der Waals surface area contributed by atoms with Gasteiger partial charge in [0, 0.05) is 11.1 Å². The Labute approximate surface area is 147 Å². The third kappa shape index (κ3) is 2.90. The minimum atomic E-state index is -0.0552. The lowest BCUT2D eigenvalue weighted by Crippen LogP contribution is -1.97. The quantitative estimate of drug-likeness (QED) is 0.692. The van der Waals surface area contributed by atoms with Gasteiger partial charge in [0.25, 0.3) is 0 Å². The van der Waals surface area contributed by atoms with Crippen LogP contribution in [0.5, 0.6) is 0 Å². The average molecular weight is 334 g/mol. The lowest BCUT2D eigenvalue weighted by atomic mass is 10.1. The summed E-state index contributed by atoms with van der Waals surface area (Å²) in [6.07, 6.45) is 2.81. The molecule has 0 N–H and O–H groups in total. The maximum Gasteiger partial charge on any atom is 0.177 e. The van der Waals surface area contributed by atoms with Crippen molar-refractivity contribution in [3.05, 3.63) is 59.4 Å². The number of hydrogen-bond acceptors (Lipinski definition) is 8. The molecule has 0 unspecified atom stereocenters. The molecular weight excluding hydrogens is 328 g/mol. The fourth-order valence-electron chi connectivity index (χ4n) is 2.21. The third-order valence-electron chi connectivity index (χ3n) is 3.42. The monoisotopic (exact) mass is 334 g/mol. The molecule has 3 rings (SSSR count). The van der Waals surface area contributed by atoms with Gasteiger partial charge in [-0.15, -0.1) is 0 Å². The molecule has 26 heavy (non-hydrogen) atoms. The number of rotatable bonds is 2. The fourth-order valence-corrected chi connectivity index (χ4v) is 2.21. The normalized spacial score (nSPS) is 9.38. The second-order valence-corrected chi connectivity index (χ2v) is 4.93. The maximum atomic E-state index is 9.08. The van der Waals surface area contributed by atoms with Crippen LogP contribution in [0.4, 0.5) is 0 Å². The summed E-state index contributed by atoms with van der Waals surface area (Å²) < 4.78 is 0. The summed E-state index contributed by atoms with van der Waals surface area (Å²) in [5.74, 6) is 0. The summed E-state index contributed by atoms with van der Waals surface area (Å²) in [4.78, 5) is 16.2. The molecule has 0 bridgehead atoms. The standard InChI is InChI=1S/C18H6N8/c19-5-13-15(7-21)25-17(9-23-13)11-2-1-3-12(4-11)18-10-24-14(6-20)16(8-22)26-18/h1-4,9-10H. The predicted octanol–water partition coefficient (Wildman–Crippen LogP) is 2.09. The van der Waals surface area contributed by atoms with Gasteiger partial charge in [0.05, 0.1) is 23.8 Å². The number of nitrogens with zero attached hydrogens (tertiary/aromatic N) is 8. The van der Waals surface area contributed by atoms with Crippen molar-refractivity contribution in [2.45, 2.75) is 0 Å². The molecule has 0 aliphatic rings. The van der Waals surface area contributed by atoms with Crippen LogP contribution in [0.2, 0.25) is 0 Å². The highest BCUT2D eigenvalue weighted by Gasteiger charge is 2.11. The molecular formula is C18H6N8. The van der Waals surface area contributed by atoms with E-state index in [2.05, 4.69) is 19.9 Å². The van der Waals surface area contributed by atoms with Crippen LogP contribution >= 0.6 is 0 Å². The van der Waals surface area contributed by atoms with Gasteiger partial charge in [-0.1, -0.05) is 18.2 Å². The van der Waals surface area contributed by atoms with Crippen LogP contribution in [-0.2, 0) is 0 Å². The van der Waals surface area contributed by atoms with E-state index in [1.165, 1.54) is 12.4 Å². The average Bonchev–Trinajstić information content (AvgIpc) is 2.72. The van der Waals surface area contributed by atoms with Crippen LogP contribution in [0.25, 0.3) is 22.5 Å². The Morgan fingerprint density at radius 1 is 0.615 bits per heavy atom. The molecule has 8 nitrogen and oxygen atoms in total. The first-order chi connectivity index (χ1) is 12.7. The predicted molar refractivity (Wildman–Crippen MR) is 87.4 cm³/mol. The van der Waals surface area contributed by atoms with Crippen molar-refractivity contribution in [3.63, 3.8) is 0 Å². The molecule has 118 valence electrons. The molecule has 2 heterocycles. The van der Waals surface area contributed by atoms with Crippen molar-refractivity contribution in [1.82, 2.24) is 19.9 Å². The molecule has 0 amide bonds. The van der Waals surface area contributed by atoms with Crippen LogP contribution < -0.4 is 0 Å². The molecule has 0 atom stereocenters. The van der Waals surface area contributed by atoms with Gasteiger partial charge < -0.3 is 0 Å². The minimum absolute atomic E-state index is 0.0379. The highest BCUT2D eigenvalue weighted by molar-refractivity contribution is 5.69. The van der Waals surface area contributed by atoms with Crippen molar-refractivity contribution in [2.75, 3.05) is 0 Å². The summed E-state index contributed by atoms with van der Waals surface area (Å²) in [5, 5.41) is 36.0. The fraction of sp³-hybridized carbons (Fsp3) is 0. The van der Waals surface area contributed by atoms with Gasteiger partial charge in [-0.3, -0.25) is 0 Å². The molecule has 1 aromatic carbocycles. The number of aromatic nitrogens is 4. The van der Waals surface area contributed by atoms with Crippen molar-refractivity contribution in [1.29, 1.82) is 21.0 Å². The number of nitriles is 4. The highest BCUT2D eigenvalue weighted by Crippen LogP contribution is 2.24. The zero-order valence-corrected chi connectivity index (χ0v) is 13.0. The van der Waals surface area contributed by atoms with E-state index in [1.807, 2.05) is 24.3 Å². The lowest BCUT2D eigenvalue weighted by molar-refractivity contribution is 1.13. The summed E-state index contributed by atoms with van der Waals surface area (Å²) in [6, 6.07) is 14.4. The first kappa shape index (κ1) is 16.2. The Kier molecular flexibility index (Phi) is 4.27. The second kappa shape index (κ2) is 6.84. The first-order valence-corrected chi connectivity index (χ1v) is 7.15. The Morgan fingerprint density at radius 2 is 1.04 bits per heavy atom. The molecule has 0 fully saturated rings. The van der Waals surface area contributed by atoms with Crippen LogP contribution in [0, 0.1) is 45.3 Å². The molecule has 2 aromatic heterocycles. The molecule has 0 spiro atoms. The summed E-state index contributed by atoms with van der Waals surface area (Å²) in [6.45, 7) is 0. The summed E-state index contributed by atoms with van der Waals surface area (Å²) >= 11 is 0. The van der Waals surface area contributed by atoms with E-state index in [4.69, 9.17) is 21.0 Å². The van der Waals surface area contributed by atoms with Crippen LogP contribution in [0.15, 0.2) is 36.7 Å². The molecule has 3 aromatic rings. The van der Waals surface area contributed by atoms with Crippen LogP contribution in [-0.4, -0.2) is 19.9 Å². The maximum absolute atomic E-state index is 9.08. The van der Waals surface area contributed by atoms with E-state index in [0.717, 1.165) is 0 Å². The zero-order valence-electron chi connectivity index (χ0n) is 13.0. The number of hydrogen-bond donors (Lipinski definition) is 0. The van der Waals surface area contributed by atoms with Crippen LogP contribution in [0.1, 0.15) is 22.8 Å². The second-order valence-electron chi connectivity index (χ2n) is 4.93.